The molecule has 0 spiro atoms. The molecule has 19 heavy (non-hydrogen) atoms. The van der Waals surface area contributed by atoms with E-state index in [0.29, 0.717) is 5.56 Å². The number of rotatable bonds is 3. The summed E-state index contributed by atoms with van der Waals surface area (Å²) >= 11 is 0.929. The second-order valence-electron chi connectivity index (χ2n) is 3.76. The highest BCUT2D eigenvalue weighted by Gasteiger charge is 2.21. The lowest BCUT2D eigenvalue weighted by Gasteiger charge is -1.99. The van der Waals surface area contributed by atoms with Crippen LogP contribution >= 0.6 is 11.3 Å². The lowest BCUT2D eigenvalue weighted by molar-refractivity contribution is 0.0687. The van der Waals surface area contributed by atoms with Gasteiger partial charge in [-0.3, -0.25) is 4.79 Å². The molecule has 1 aromatic carbocycles. The van der Waals surface area contributed by atoms with Crippen molar-refractivity contribution >= 4 is 23.1 Å². The number of benzene rings is 1. The Labute approximate surface area is 111 Å². The van der Waals surface area contributed by atoms with Crippen molar-refractivity contribution in [2.45, 2.75) is 6.92 Å². The van der Waals surface area contributed by atoms with Crippen LogP contribution in [0.3, 0.4) is 0 Å². The maximum Gasteiger partial charge on any atom is 0.356 e. The summed E-state index contributed by atoms with van der Waals surface area (Å²) in [6, 6.07) is 3.99. The number of thiazole rings is 1. The van der Waals surface area contributed by atoms with E-state index in [9.17, 15) is 19.8 Å². The van der Waals surface area contributed by atoms with Gasteiger partial charge in [0.25, 0.3) is 0 Å². The maximum atomic E-state index is 11.4. The van der Waals surface area contributed by atoms with Crippen LogP contribution in [0.5, 0.6) is 11.5 Å². The Morgan fingerprint density at radius 3 is 2.37 bits per heavy atom. The molecule has 0 aliphatic carbocycles. The summed E-state index contributed by atoms with van der Waals surface area (Å²) in [7, 11) is 0. The molecule has 1 aromatic heterocycles. The third-order valence-corrected chi connectivity index (χ3v) is 3.58. The zero-order valence-corrected chi connectivity index (χ0v) is 10.6. The number of carboxylic acids is 1. The highest BCUT2D eigenvalue weighted by atomic mass is 32.1. The standard InChI is InChI=1S/C12H9NO5S/c1-5(14)10-9(12(17)18)13-11(19-10)6-2-3-7(15)8(16)4-6/h2-4,15-16H,1H3,(H,17,18). The van der Waals surface area contributed by atoms with E-state index in [-0.39, 0.29) is 32.9 Å². The van der Waals surface area contributed by atoms with Crippen molar-refractivity contribution in [3.8, 4) is 22.1 Å². The summed E-state index contributed by atoms with van der Waals surface area (Å²) < 4.78 is 0. The first kappa shape index (κ1) is 13.0. The molecule has 2 rings (SSSR count). The van der Waals surface area contributed by atoms with E-state index in [1.807, 2.05) is 0 Å². The van der Waals surface area contributed by atoms with E-state index in [2.05, 4.69) is 4.98 Å². The predicted molar refractivity (Wildman–Crippen MR) is 67.8 cm³/mol. The minimum absolute atomic E-state index is 0.0510. The van der Waals surface area contributed by atoms with Gasteiger partial charge in [0.15, 0.2) is 23.0 Å². The SMILES string of the molecule is CC(=O)c1sc(-c2ccc(O)c(O)c2)nc1C(=O)O. The second-order valence-corrected chi connectivity index (χ2v) is 4.76. The van der Waals surface area contributed by atoms with E-state index in [1.165, 1.54) is 25.1 Å². The first-order valence-corrected chi connectivity index (χ1v) is 5.99. The zero-order chi connectivity index (χ0) is 14.2. The average molecular weight is 279 g/mol. The van der Waals surface area contributed by atoms with Gasteiger partial charge in [0, 0.05) is 12.5 Å². The first-order chi connectivity index (χ1) is 8.90. The van der Waals surface area contributed by atoms with Gasteiger partial charge in [-0.15, -0.1) is 11.3 Å². The molecule has 98 valence electrons. The van der Waals surface area contributed by atoms with Crippen molar-refractivity contribution in [3.05, 3.63) is 28.8 Å². The number of carboxylic acid groups (broad SMARTS) is 1. The molecule has 0 aliphatic heterocycles. The number of hydrogen-bond acceptors (Lipinski definition) is 6. The van der Waals surface area contributed by atoms with Gasteiger partial charge < -0.3 is 15.3 Å². The molecule has 0 bridgehead atoms. The van der Waals surface area contributed by atoms with Crippen LogP contribution in [-0.4, -0.2) is 32.1 Å². The summed E-state index contributed by atoms with van der Waals surface area (Å²) in [6.45, 7) is 1.26. The van der Waals surface area contributed by atoms with E-state index >= 15 is 0 Å². The van der Waals surface area contributed by atoms with Crippen LogP contribution in [0, 0.1) is 0 Å². The van der Waals surface area contributed by atoms with Crippen molar-refractivity contribution in [1.82, 2.24) is 4.98 Å². The van der Waals surface area contributed by atoms with Crippen LogP contribution in [0.4, 0.5) is 0 Å². The monoisotopic (exact) mass is 279 g/mol. The molecule has 2 aromatic rings. The number of aromatic carboxylic acids is 1. The third-order valence-electron chi connectivity index (χ3n) is 2.37. The van der Waals surface area contributed by atoms with E-state index in [0.717, 1.165) is 11.3 Å². The van der Waals surface area contributed by atoms with Crippen molar-refractivity contribution in [1.29, 1.82) is 0 Å². The molecule has 6 nitrogen and oxygen atoms in total. The van der Waals surface area contributed by atoms with Crippen LogP contribution in [0.25, 0.3) is 10.6 Å². The van der Waals surface area contributed by atoms with Crippen molar-refractivity contribution in [2.24, 2.45) is 0 Å². The van der Waals surface area contributed by atoms with Gasteiger partial charge >= 0.3 is 5.97 Å². The minimum Gasteiger partial charge on any atom is -0.504 e. The maximum absolute atomic E-state index is 11.4. The Morgan fingerprint density at radius 1 is 1.21 bits per heavy atom. The number of carbonyl (C=O) groups is 2. The Morgan fingerprint density at radius 2 is 1.89 bits per heavy atom. The number of aromatic nitrogens is 1. The lowest BCUT2D eigenvalue weighted by atomic mass is 10.2. The van der Waals surface area contributed by atoms with Crippen LogP contribution in [-0.2, 0) is 0 Å². The van der Waals surface area contributed by atoms with Crippen LogP contribution in [0.2, 0.25) is 0 Å². The fourth-order valence-electron chi connectivity index (χ4n) is 1.48. The van der Waals surface area contributed by atoms with E-state index in [1.54, 1.807) is 0 Å². The fourth-order valence-corrected chi connectivity index (χ4v) is 2.43. The van der Waals surface area contributed by atoms with Gasteiger partial charge in [-0.1, -0.05) is 0 Å². The number of Topliss-reactive ketones (excluding diaryl/α,β-unsaturated/α-hetero) is 1. The summed E-state index contributed by atoms with van der Waals surface area (Å²) in [6.07, 6.45) is 0. The number of carbonyl (C=O) groups excluding carboxylic acids is 1. The van der Waals surface area contributed by atoms with Gasteiger partial charge in [-0.25, -0.2) is 9.78 Å². The highest BCUT2D eigenvalue weighted by Crippen LogP contribution is 2.34. The number of hydrogen-bond donors (Lipinski definition) is 3. The molecule has 0 atom stereocenters. The normalized spacial score (nSPS) is 10.4. The predicted octanol–water partition coefficient (Wildman–Crippen LogP) is 2.12. The van der Waals surface area contributed by atoms with Gasteiger partial charge in [0.1, 0.15) is 9.88 Å². The molecule has 0 fully saturated rings. The quantitative estimate of drug-likeness (QED) is 0.586. The molecule has 0 amide bonds. The minimum atomic E-state index is -1.28. The lowest BCUT2D eigenvalue weighted by Crippen LogP contribution is -2.03. The van der Waals surface area contributed by atoms with Crippen LogP contribution in [0.15, 0.2) is 18.2 Å². The molecule has 0 saturated carbocycles. The van der Waals surface area contributed by atoms with Crippen molar-refractivity contribution in [3.63, 3.8) is 0 Å². The third kappa shape index (κ3) is 2.41. The molecule has 0 radical (unpaired) electrons. The van der Waals surface area contributed by atoms with Gasteiger partial charge in [-0.2, -0.15) is 0 Å². The van der Waals surface area contributed by atoms with Crippen molar-refractivity contribution < 1.29 is 24.9 Å². The first-order valence-electron chi connectivity index (χ1n) is 5.17. The van der Waals surface area contributed by atoms with Crippen molar-refractivity contribution in [2.75, 3.05) is 0 Å². The van der Waals surface area contributed by atoms with Gasteiger partial charge in [0.05, 0.1) is 0 Å². The molecule has 0 saturated heterocycles. The largest absolute Gasteiger partial charge is 0.504 e. The number of aromatic hydroxyl groups is 2. The average Bonchev–Trinajstić information content (AvgIpc) is 2.78. The number of phenols is 2. The number of nitrogens with zero attached hydrogens (tertiary/aromatic N) is 1. The van der Waals surface area contributed by atoms with Gasteiger partial charge in [-0.05, 0) is 18.2 Å². The summed E-state index contributed by atoms with van der Waals surface area (Å²) in [4.78, 5) is 26.3. The molecule has 7 heteroatoms. The Kier molecular flexibility index (Phi) is 3.22. The number of ketones is 1. The molecular weight excluding hydrogens is 270 g/mol. The smallest absolute Gasteiger partial charge is 0.356 e. The topological polar surface area (TPSA) is 108 Å². The fraction of sp³-hybridized carbons (Fsp3) is 0.0833. The molecule has 3 N–H and O–H groups in total. The van der Waals surface area contributed by atoms with E-state index in [4.69, 9.17) is 5.11 Å². The molecule has 1 heterocycles. The molecular formula is C12H9NO5S. The molecule has 0 aliphatic rings. The summed E-state index contributed by atoms with van der Waals surface area (Å²) in [5.74, 6) is -2.29. The Hall–Kier alpha value is -2.41. The second kappa shape index (κ2) is 4.69. The van der Waals surface area contributed by atoms with Crippen LogP contribution in [0.1, 0.15) is 27.1 Å². The summed E-state index contributed by atoms with van der Waals surface area (Å²) in [5, 5.41) is 27.9. The Balaban J connectivity index is 2.57. The summed E-state index contributed by atoms with van der Waals surface area (Å²) in [5.41, 5.74) is 0.121. The number of phenolic OH excluding ortho intramolecular Hbond substituents is 2. The molecule has 0 unspecified atom stereocenters. The highest BCUT2D eigenvalue weighted by molar-refractivity contribution is 7.17. The van der Waals surface area contributed by atoms with E-state index < -0.39 is 5.97 Å². The Bertz CT molecular complexity index is 645. The van der Waals surface area contributed by atoms with Crippen LogP contribution < -0.4 is 0 Å². The van der Waals surface area contributed by atoms with Gasteiger partial charge in [0.2, 0.25) is 0 Å². The zero-order valence-electron chi connectivity index (χ0n) is 9.75.